The molecule has 3 atom stereocenters. The molecule has 0 unspecified atom stereocenters. The number of fused-ring (bicyclic) bond motifs is 1. The summed E-state index contributed by atoms with van der Waals surface area (Å²) in [6, 6.07) is 15.9. The second-order valence-electron chi connectivity index (χ2n) is 7.62. The van der Waals surface area contributed by atoms with E-state index in [1.165, 1.54) is 0 Å². The van der Waals surface area contributed by atoms with Gasteiger partial charge in [-0.15, -0.1) is 0 Å². The molecule has 3 heteroatoms. The van der Waals surface area contributed by atoms with Crippen LogP contribution in [0.5, 0.6) is 0 Å². The Morgan fingerprint density at radius 1 is 1.04 bits per heavy atom. The van der Waals surface area contributed by atoms with Crippen molar-refractivity contribution in [1.29, 1.82) is 0 Å². The molecule has 26 heavy (non-hydrogen) atoms. The Balaban J connectivity index is 1.89. The first-order chi connectivity index (χ1) is 16.3. The third kappa shape index (κ3) is 3.28. The second-order valence-corrected chi connectivity index (χ2v) is 11.9. The summed E-state index contributed by atoms with van der Waals surface area (Å²) in [4.78, 5) is 0. The van der Waals surface area contributed by atoms with Gasteiger partial charge in [-0.3, -0.25) is 0 Å². The van der Waals surface area contributed by atoms with Crippen LogP contribution in [0.2, 0.25) is 6.45 Å². The molecule has 1 aliphatic carbocycles. The van der Waals surface area contributed by atoms with Gasteiger partial charge in [0.05, 0.1) is 6.61 Å². The fourth-order valence-corrected chi connectivity index (χ4v) is 8.08. The fourth-order valence-electron chi connectivity index (χ4n) is 3.57. The van der Waals surface area contributed by atoms with E-state index < -0.39 is 57.0 Å². The van der Waals surface area contributed by atoms with E-state index in [0.29, 0.717) is 0 Å². The number of piperidine rings is 1. The van der Waals surface area contributed by atoms with Crippen molar-refractivity contribution in [1.82, 2.24) is 5.31 Å². The monoisotopic (exact) mass is 375 g/mol. The van der Waals surface area contributed by atoms with E-state index in [1.54, 1.807) is 0 Å². The molecule has 2 aromatic carbocycles. The first-order valence-electron chi connectivity index (χ1n) is 13.8. The summed E-state index contributed by atoms with van der Waals surface area (Å²) >= 11 is 0. The molecule has 4 rings (SSSR count). The van der Waals surface area contributed by atoms with E-state index >= 15 is 0 Å². The average Bonchev–Trinajstić information content (AvgIpc) is 3.20. The van der Waals surface area contributed by atoms with Crippen LogP contribution in [0, 0.1) is 11.8 Å². The highest BCUT2D eigenvalue weighted by Gasteiger charge is 2.51. The van der Waals surface area contributed by atoms with Gasteiger partial charge in [-0.05, 0) is 46.4 Å². The average molecular weight is 376 g/mol. The lowest BCUT2D eigenvalue weighted by molar-refractivity contribution is 0.223. The number of hydrogen-bond donors (Lipinski definition) is 1. The maximum Gasteiger partial charge on any atom is 0.261 e. The van der Waals surface area contributed by atoms with E-state index in [1.807, 2.05) is 81.4 Å². The maximum absolute atomic E-state index is 9.09. The molecule has 2 nitrogen and oxygen atoms in total. The number of hydrogen-bond acceptors (Lipinski definition) is 2. The first kappa shape index (κ1) is 9.68. The Morgan fingerprint density at radius 2 is 1.62 bits per heavy atom. The van der Waals surface area contributed by atoms with E-state index in [9.17, 15) is 0 Å². The summed E-state index contributed by atoms with van der Waals surface area (Å²) in [6.45, 7) is 2.00. The summed E-state index contributed by atoms with van der Waals surface area (Å²) in [7, 11) is -3.33. The molecule has 0 aromatic heterocycles. The van der Waals surface area contributed by atoms with Gasteiger partial charge < -0.3 is 9.74 Å². The molecule has 1 N–H and O–H groups in total. The Kier molecular flexibility index (Phi) is 2.59. The molecular formula is C23H31NOSi. The lowest BCUT2D eigenvalue weighted by atomic mass is 10.1. The van der Waals surface area contributed by atoms with Crippen molar-refractivity contribution >= 4 is 18.7 Å². The fraction of sp³-hybridized carbons (Fsp3) is 0.478. The molecule has 1 saturated carbocycles. The standard InChI is InChI=1S/C23H31NOSi/c1-23(2,3)26(21-10-6-4-7-11-21,22-12-8-5-9-13-22)25-17-20-15-18-14-19(18)16-24-20/h4-13,18-20,24H,14-17H2,1-3H3/t18-,19+,20+/m1/s1/i14D2,15D2,16D2,18D,19D,20D/hD. The highest BCUT2D eigenvalue weighted by Crippen LogP contribution is 2.44. The van der Waals surface area contributed by atoms with Crippen molar-refractivity contribution in [3.8, 4) is 0 Å². The van der Waals surface area contributed by atoms with Crippen LogP contribution in [0.1, 0.15) is 45.9 Å². The smallest absolute Gasteiger partial charge is 0.261 e. The van der Waals surface area contributed by atoms with Crippen LogP contribution >= 0.6 is 0 Å². The number of benzene rings is 2. The lowest BCUT2D eigenvalue weighted by Gasteiger charge is -2.44. The van der Waals surface area contributed by atoms with Gasteiger partial charge in [-0.25, -0.2) is 0 Å². The first-order valence-corrected chi connectivity index (χ1v) is 10.8. The molecule has 2 fully saturated rings. The lowest BCUT2D eigenvalue weighted by Crippen LogP contribution is -2.67. The molecule has 138 valence electrons. The van der Waals surface area contributed by atoms with Gasteiger partial charge in [0.25, 0.3) is 8.32 Å². The molecule has 1 aliphatic heterocycles. The Hall–Kier alpha value is -1.42. The molecule has 0 bridgehead atoms. The topological polar surface area (TPSA) is 21.3 Å². The zero-order chi connectivity index (χ0) is 27.2. The highest BCUT2D eigenvalue weighted by atomic mass is 28.4. The molecule has 2 aliphatic rings. The highest BCUT2D eigenvalue weighted by molar-refractivity contribution is 6.99. The second kappa shape index (κ2) is 6.95. The summed E-state index contributed by atoms with van der Waals surface area (Å²) in [5.74, 6) is -5.80. The predicted octanol–water partition coefficient (Wildman–Crippen LogP) is 3.56. The molecular weight excluding hydrogens is 334 g/mol. The predicted molar refractivity (Wildman–Crippen MR) is 112 cm³/mol. The zero-order valence-electron chi connectivity index (χ0n) is 25.3. The van der Waals surface area contributed by atoms with Gasteiger partial charge in [0.2, 0.25) is 0 Å². The molecule has 1 saturated heterocycles. The van der Waals surface area contributed by atoms with Crippen LogP contribution in [-0.2, 0) is 4.43 Å². The molecule has 0 amide bonds. The van der Waals surface area contributed by atoms with Gasteiger partial charge in [0.15, 0.2) is 0 Å². The van der Waals surface area contributed by atoms with Crippen LogP contribution < -0.4 is 15.7 Å². The Bertz CT molecular complexity index is 1110. The van der Waals surface area contributed by atoms with Crippen molar-refractivity contribution in [2.45, 2.75) is 44.6 Å². The van der Waals surface area contributed by atoms with Crippen LogP contribution in [0.15, 0.2) is 60.7 Å². The zero-order valence-corrected chi connectivity index (χ0v) is 16.3. The van der Waals surface area contributed by atoms with Crippen LogP contribution in [0.25, 0.3) is 0 Å². The molecule has 1 heterocycles. The van der Waals surface area contributed by atoms with E-state index in [4.69, 9.17) is 18.2 Å². The number of rotatable bonds is 5. The third-order valence-corrected chi connectivity index (χ3v) is 9.83. The van der Waals surface area contributed by atoms with Gasteiger partial charge >= 0.3 is 0 Å². The van der Waals surface area contributed by atoms with Gasteiger partial charge in [0.1, 0.15) is 1.41 Å². The molecule has 0 spiro atoms. The summed E-state index contributed by atoms with van der Waals surface area (Å²) in [6.07, 6.45) is -6.05. The molecule has 2 aromatic rings. The Labute approximate surface area is 173 Å². The summed E-state index contributed by atoms with van der Waals surface area (Å²) in [5, 5.41) is 1.13. The quantitative estimate of drug-likeness (QED) is 0.807. The van der Waals surface area contributed by atoms with E-state index in [-0.39, 0.29) is 5.31 Å². The minimum Gasteiger partial charge on any atom is -0.406 e. The van der Waals surface area contributed by atoms with Crippen molar-refractivity contribution in [3.63, 3.8) is 0 Å². The summed E-state index contributed by atoms with van der Waals surface area (Å²) < 4.78 is 91.9. The number of nitrogens with one attached hydrogen (secondary N) is 1. The minimum absolute atomic E-state index is 0.0163. The maximum atomic E-state index is 9.09. The SMILES string of the molecule is [2H]N1C([2H])([2H])[C@]2([2H])C([2H])([2H])[C@]2([2H])C([2H])([2H])[C@@]1([2H])CO[Si](c1ccccc1)(c1ccccc1)C(C)(C)C. The van der Waals surface area contributed by atoms with Gasteiger partial charge in [-0.2, -0.15) is 0 Å². The van der Waals surface area contributed by atoms with Crippen molar-refractivity contribution in [3.05, 3.63) is 60.7 Å². The van der Waals surface area contributed by atoms with E-state index in [2.05, 4.69) is 0 Å². The Morgan fingerprint density at radius 3 is 2.15 bits per heavy atom. The minimum atomic E-state index is -3.33. The van der Waals surface area contributed by atoms with Gasteiger partial charge in [0, 0.05) is 18.4 Å². The van der Waals surface area contributed by atoms with Crippen molar-refractivity contribution in [2.75, 3.05) is 13.1 Å². The normalized spacial score (nSPS) is 46.3. The van der Waals surface area contributed by atoms with Crippen LogP contribution in [0.4, 0.5) is 0 Å². The van der Waals surface area contributed by atoms with E-state index in [0.717, 1.165) is 10.4 Å². The van der Waals surface area contributed by atoms with Crippen LogP contribution in [-0.4, -0.2) is 27.4 Å². The van der Waals surface area contributed by atoms with Crippen molar-refractivity contribution in [2.24, 2.45) is 11.8 Å². The largest absolute Gasteiger partial charge is 0.406 e. The van der Waals surface area contributed by atoms with Gasteiger partial charge in [-0.1, -0.05) is 81.4 Å². The summed E-state index contributed by atoms with van der Waals surface area (Å²) in [5.41, 5.74) is 0. The van der Waals surface area contributed by atoms with Crippen molar-refractivity contribution < 1.29 is 18.2 Å². The third-order valence-electron chi connectivity index (χ3n) is 4.85. The molecule has 0 radical (unpaired) electrons. The van der Waals surface area contributed by atoms with Crippen LogP contribution in [0.3, 0.4) is 0 Å².